The molecule has 0 amide bonds. The van der Waals surface area contributed by atoms with Crippen LogP contribution in [0.4, 0.5) is 0 Å². The van der Waals surface area contributed by atoms with E-state index in [0.717, 1.165) is 10.8 Å². The molecule has 0 aliphatic carbocycles. The molecule has 0 radical (unpaired) electrons. The summed E-state index contributed by atoms with van der Waals surface area (Å²) in [7, 11) is 0. The first-order valence-corrected chi connectivity index (χ1v) is 8.58. The Labute approximate surface area is 143 Å². The summed E-state index contributed by atoms with van der Waals surface area (Å²) in [6.07, 6.45) is 3.99. The number of aromatic nitrogens is 2. The first-order valence-electron chi connectivity index (χ1n) is 8.17. The molecule has 0 aromatic carbocycles. The third-order valence-electron chi connectivity index (χ3n) is 4.36. The molecule has 1 fully saturated rings. The minimum Gasteiger partial charge on any atom is -0.352 e. The van der Waals surface area contributed by atoms with Crippen LogP contribution in [0, 0.1) is 0 Å². The molecule has 3 heterocycles. The van der Waals surface area contributed by atoms with E-state index in [-0.39, 0.29) is 12.1 Å². The molecule has 1 aliphatic rings. The Hall–Kier alpha value is -1.88. The van der Waals surface area contributed by atoms with E-state index in [2.05, 4.69) is 71.9 Å². The highest BCUT2D eigenvalue weighted by molar-refractivity contribution is 7.80. The molecular weight excluding hydrogens is 304 g/mol. The van der Waals surface area contributed by atoms with Gasteiger partial charge in [0, 0.05) is 30.2 Å². The number of pyridine rings is 1. The summed E-state index contributed by atoms with van der Waals surface area (Å²) < 4.78 is 2.33. The van der Waals surface area contributed by atoms with E-state index in [1.165, 1.54) is 5.69 Å². The van der Waals surface area contributed by atoms with Crippen molar-refractivity contribution in [3.63, 3.8) is 0 Å². The Morgan fingerprint density at radius 3 is 2.48 bits per heavy atom. The largest absolute Gasteiger partial charge is 0.352 e. The monoisotopic (exact) mass is 328 g/mol. The van der Waals surface area contributed by atoms with Gasteiger partial charge in [-0.25, -0.2) is 0 Å². The summed E-state index contributed by atoms with van der Waals surface area (Å²) in [6, 6.07) is 11.3. The van der Waals surface area contributed by atoms with Crippen LogP contribution < -0.4 is 5.32 Å². The average molecular weight is 328 g/mol. The third-order valence-corrected chi connectivity index (χ3v) is 4.69. The molecule has 3 rings (SSSR count). The fourth-order valence-electron chi connectivity index (χ4n) is 3.37. The van der Waals surface area contributed by atoms with Crippen molar-refractivity contribution in [3.05, 3.63) is 54.1 Å². The highest BCUT2D eigenvalue weighted by Crippen LogP contribution is 2.40. The number of thiocarbonyl (C=S) groups is 1. The van der Waals surface area contributed by atoms with Crippen molar-refractivity contribution in [3.8, 4) is 0 Å². The Balaban J connectivity index is 2.09. The van der Waals surface area contributed by atoms with Gasteiger partial charge < -0.3 is 14.8 Å². The molecule has 2 aromatic heterocycles. The van der Waals surface area contributed by atoms with E-state index < -0.39 is 0 Å². The number of hydrogen-bond donors (Lipinski definition) is 1. The molecule has 122 valence electrons. The van der Waals surface area contributed by atoms with Gasteiger partial charge in [-0.1, -0.05) is 6.07 Å². The van der Waals surface area contributed by atoms with Gasteiger partial charge in [0.1, 0.15) is 0 Å². The predicted octanol–water partition coefficient (Wildman–Crippen LogP) is 3.84. The molecule has 0 saturated carbocycles. The van der Waals surface area contributed by atoms with E-state index in [4.69, 9.17) is 12.2 Å². The number of nitrogens with one attached hydrogen (secondary N) is 1. The molecule has 0 bridgehead atoms. The second kappa shape index (κ2) is 6.32. The van der Waals surface area contributed by atoms with Gasteiger partial charge in [-0.2, -0.15) is 0 Å². The van der Waals surface area contributed by atoms with Gasteiger partial charge in [-0.05, 0) is 64.2 Å². The second-order valence-electron chi connectivity index (χ2n) is 6.56. The summed E-state index contributed by atoms with van der Waals surface area (Å²) in [4.78, 5) is 6.86. The van der Waals surface area contributed by atoms with Gasteiger partial charge in [0.05, 0.1) is 17.8 Å². The zero-order chi connectivity index (χ0) is 16.6. The van der Waals surface area contributed by atoms with Crippen LogP contribution in [0.25, 0.3) is 0 Å². The summed E-state index contributed by atoms with van der Waals surface area (Å²) in [6.45, 7) is 8.79. The van der Waals surface area contributed by atoms with E-state index >= 15 is 0 Å². The molecule has 2 unspecified atom stereocenters. The summed E-state index contributed by atoms with van der Waals surface area (Å²) in [5.41, 5.74) is 2.30. The van der Waals surface area contributed by atoms with Crippen LogP contribution in [0.15, 0.2) is 42.7 Å². The lowest BCUT2D eigenvalue weighted by molar-refractivity contribution is 0.256. The van der Waals surface area contributed by atoms with Crippen molar-refractivity contribution in [1.82, 2.24) is 19.8 Å². The molecule has 23 heavy (non-hydrogen) atoms. The summed E-state index contributed by atoms with van der Waals surface area (Å²) >= 11 is 5.63. The van der Waals surface area contributed by atoms with Crippen molar-refractivity contribution in [2.24, 2.45) is 0 Å². The van der Waals surface area contributed by atoms with Crippen LogP contribution in [-0.2, 0) is 0 Å². The van der Waals surface area contributed by atoms with E-state index in [9.17, 15) is 0 Å². The predicted molar refractivity (Wildman–Crippen MR) is 97.2 cm³/mol. The first-order chi connectivity index (χ1) is 11.0. The molecule has 2 atom stereocenters. The SMILES string of the molecule is CC(C)N1C(=S)NC(c2ccccn2)C1c1cccn1C(C)C. The fraction of sp³-hybridized carbons (Fsp3) is 0.444. The van der Waals surface area contributed by atoms with Crippen LogP contribution in [0.1, 0.15) is 57.2 Å². The van der Waals surface area contributed by atoms with Crippen molar-refractivity contribution in [2.45, 2.75) is 51.9 Å². The summed E-state index contributed by atoms with van der Waals surface area (Å²) in [5.74, 6) is 0. The number of nitrogens with zero attached hydrogens (tertiary/aromatic N) is 3. The van der Waals surface area contributed by atoms with Gasteiger partial charge in [0.25, 0.3) is 0 Å². The van der Waals surface area contributed by atoms with Crippen LogP contribution in [0.2, 0.25) is 0 Å². The second-order valence-corrected chi connectivity index (χ2v) is 6.95. The maximum absolute atomic E-state index is 5.63. The van der Waals surface area contributed by atoms with Gasteiger partial charge >= 0.3 is 0 Å². The lowest BCUT2D eigenvalue weighted by atomic mass is 10.00. The van der Waals surface area contributed by atoms with Crippen LogP contribution in [-0.4, -0.2) is 25.6 Å². The van der Waals surface area contributed by atoms with Gasteiger partial charge in [-0.3, -0.25) is 4.98 Å². The molecule has 4 nitrogen and oxygen atoms in total. The van der Waals surface area contributed by atoms with E-state index in [0.29, 0.717) is 12.1 Å². The molecule has 1 aliphatic heterocycles. The average Bonchev–Trinajstić information content (AvgIpc) is 3.11. The minimum atomic E-state index is 0.0681. The zero-order valence-electron chi connectivity index (χ0n) is 14.1. The van der Waals surface area contributed by atoms with Gasteiger partial charge in [0.15, 0.2) is 5.11 Å². The van der Waals surface area contributed by atoms with Crippen molar-refractivity contribution in [1.29, 1.82) is 0 Å². The van der Waals surface area contributed by atoms with Crippen LogP contribution >= 0.6 is 12.2 Å². The Morgan fingerprint density at radius 2 is 1.87 bits per heavy atom. The highest BCUT2D eigenvalue weighted by Gasteiger charge is 2.42. The Kier molecular flexibility index (Phi) is 4.39. The zero-order valence-corrected chi connectivity index (χ0v) is 14.9. The molecule has 2 aromatic rings. The Bertz CT molecular complexity index is 677. The number of rotatable bonds is 4. The standard InChI is InChI=1S/C18H24N4S/c1-12(2)21-11-7-9-15(21)17-16(14-8-5-6-10-19-14)20-18(23)22(17)13(3)4/h5-13,16-17H,1-4H3,(H,20,23). The van der Waals surface area contributed by atoms with Crippen molar-refractivity contribution >= 4 is 17.3 Å². The van der Waals surface area contributed by atoms with Crippen molar-refractivity contribution < 1.29 is 0 Å². The molecule has 1 N–H and O–H groups in total. The minimum absolute atomic E-state index is 0.0681. The topological polar surface area (TPSA) is 33.1 Å². The molecule has 5 heteroatoms. The van der Waals surface area contributed by atoms with Gasteiger partial charge in [-0.15, -0.1) is 0 Å². The van der Waals surface area contributed by atoms with E-state index in [1.807, 2.05) is 18.3 Å². The maximum atomic E-state index is 5.63. The summed E-state index contributed by atoms with van der Waals surface area (Å²) in [5, 5.41) is 4.29. The van der Waals surface area contributed by atoms with Crippen LogP contribution in [0.5, 0.6) is 0 Å². The van der Waals surface area contributed by atoms with Crippen molar-refractivity contribution in [2.75, 3.05) is 0 Å². The smallest absolute Gasteiger partial charge is 0.170 e. The first kappa shape index (κ1) is 16.0. The van der Waals surface area contributed by atoms with Gasteiger partial charge in [0.2, 0.25) is 0 Å². The molecule has 0 spiro atoms. The number of hydrogen-bond acceptors (Lipinski definition) is 2. The quantitative estimate of drug-likeness (QED) is 0.865. The Morgan fingerprint density at radius 1 is 1.09 bits per heavy atom. The normalized spacial score (nSPS) is 21.3. The van der Waals surface area contributed by atoms with E-state index in [1.54, 1.807) is 0 Å². The third kappa shape index (κ3) is 2.85. The maximum Gasteiger partial charge on any atom is 0.170 e. The van der Waals surface area contributed by atoms with Crippen LogP contribution in [0.3, 0.4) is 0 Å². The lowest BCUT2D eigenvalue weighted by Gasteiger charge is -2.32. The molecular formula is C18H24N4S. The lowest BCUT2D eigenvalue weighted by Crippen LogP contribution is -2.36. The highest BCUT2D eigenvalue weighted by atomic mass is 32.1. The fourth-order valence-corrected chi connectivity index (χ4v) is 3.82. The molecule has 1 saturated heterocycles.